The average molecular weight is 346 g/mol. The van der Waals surface area contributed by atoms with Crippen molar-refractivity contribution in [3.8, 4) is 0 Å². The van der Waals surface area contributed by atoms with Crippen LogP contribution in [0.5, 0.6) is 0 Å². The minimum atomic E-state index is -0.140. The van der Waals surface area contributed by atoms with Crippen molar-refractivity contribution in [3.63, 3.8) is 0 Å². The van der Waals surface area contributed by atoms with Gasteiger partial charge in [-0.2, -0.15) is 0 Å². The molecule has 0 saturated heterocycles. The number of aromatic nitrogens is 1. The summed E-state index contributed by atoms with van der Waals surface area (Å²) in [7, 11) is 0. The van der Waals surface area contributed by atoms with Gasteiger partial charge >= 0.3 is 0 Å². The van der Waals surface area contributed by atoms with Gasteiger partial charge in [-0.15, -0.1) is 0 Å². The first-order valence-electron chi connectivity index (χ1n) is 6.52. The summed E-state index contributed by atoms with van der Waals surface area (Å²) in [5.41, 5.74) is 0.567. The van der Waals surface area contributed by atoms with E-state index in [1.54, 1.807) is 12.3 Å². The predicted molar refractivity (Wildman–Crippen MR) is 80.5 cm³/mol. The highest BCUT2D eigenvalue weighted by Crippen LogP contribution is 2.35. The third-order valence-corrected chi connectivity index (χ3v) is 4.60. The van der Waals surface area contributed by atoms with E-state index in [-0.39, 0.29) is 22.5 Å². The second kappa shape index (κ2) is 5.80. The molecule has 0 radical (unpaired) electrons. The molecule has 0 spiro atoms. The Morgan fingerprint density at radius 1 is 1.53 bits per heavy atom. The van der Waals surface area contributed by atoms with Crippen molar-refractivity contribution in [2.45, 2.75) is 45.6 Å². The zero-order valence-electron chi connectivity index (χ0n) is 11.2. The molecular weight excluding hydrogens is 328 g/mol. The Labute approximate surface area is 127 Å². The molecule has 0 bridgehead atoms. The molecule has 1 amide bonds. The lowest BCUT2D eigenvalue weighted by atomic mass is 9.73. The highest BCUT2D eigenvalue weighted by atomic mass is 79.9. The molecule has 2 rings (SSSR count). The molecule has 1 saturated carbocycles. The number of halogens is 2. The van der Waals surface area contributed by atoms with E-state index in [0.717, 1.165) is 17.3 Å². The van der Waals surface area contributed by atoms with Crippen LogP contribution in [0.3, 0.4) is 0 Å². The number of hydrogen-bond donors (Lipinski definition) is 1. The average Bonchev–Trinajstić information content (AvgIpc) is 2.34. The summed E-state index contributed by atoms with van der Waals surface area (Å²) in [4.78, 5) is 16.3. The smallest absolute Gasteiger partial charge is 0.254 e. The van der Waals surface area contributed by atoms with Gasteiger partial charge in [-0.1, -0.05) is 38.3 Å². The summed E-state index contributed by atoms with van der Waals surface area (Å²) < 4.78 is 0.755. The number of rotatable bonds is 2. The van der Waals surface area contributed by atoms with Crippen LogP contribution >= 0.6 is 27.5 Å². The zero-order chi connectivity index (χ0) is 14.0. The second-order valence-electron chi connectivity index (χ2n) is 5.75. The van der Waals surface area contributed by atoms with Crippen LogP contribution in [0.4, 0.5) is 0 Å². The van der Waals surface area contributed by atoms with Crippen LogP contribution in [0.15, 0.2) is 16.7 Å². The van der Waals surface area contributed by atoms with Gasteiger partial charge in [-0.3, -0.25) is 4.79 Å². The molecule has 1 aliphatic rings. The van der Waals surface area contributed by atoms with Gasteiger partial charge in [0.2, 0.25) is 0 Å². The number of carbonyl (C=O) groups excluding carboxylic acids is 1. The van der Waals surface area contributed by atoms with Gasteiger partial charge in [0.25, 0.3) is 5.91 Å². The zero-order valence-corrected chi connectivity index (χ0v) is 13.5. The molecular formula is C14H18BrClN2O. The Hall–Kier alpha value is -0.610. The molecule has 104 valence electrons. The lowest BCUT2D eigenvalue weighted by molar-refractivity contribution is 0.0853. The van der Waals surface area contributed by atoms with Crippen molar-refractivity contribution in [2.75, 3.05) is 0 Å². The number of pyridine rings is 1. The lowest BCUT2D eigenvalue weighted by Gasteiger charge is -2.39. The molecule has 1 heterocycles. The summed E-state index contributed by atoms with van der Waals surface area (Å²) >= 11 is 9.30. The molecule has 1 aromatic heterocycles. The van der Waals surface area contributed by atoms with Crippen molar-refractivity contribution < 1.29 is 4.79 Å². The Morgan fingerprint density at radius 3 is 2.95 bits per heavy atom. The molecule has 1 atom stereocenters. The summed E-state index contributed by atoms with van der Waals surface area (Å²) in [6.45, 7) is 4.41. The largest absolute Gasteiger partial charge is 0.349 e. The first-order valence-corrected chi connectivity index (χ1v) is 7.69. The fourth-order valence-corrected chi connectivity index (χ4v) is 3.10. The van der Waals surface area contributed by atoms with Gasteiger partial charge in [-0.25, -0.2) is 4.98 Å². The van der Waals surface area contributed by atoms with E-state index < -0.39 is 0 Å². The highest BCUT2D eigenvalue weighted by molar-refractivity contribution is 9.10. The van der Waals surface area contributed by atoms with Crippen molar-refractivity contribution in [3.05, 3.63) is 27.5 Å². The van der Waals surface area contributed by atoms with Gasteiger partial charge in [0.05, 0.1) is 5.56 Å². The second-order valence-corrected chi connectivity index (χ2v) is 7.03. The van der Waals surface area contributed by atoms with E-state index in [4.69, 9.17) is 11.6 Å². The van der Waals surface area contributed by atoms with Crippen LogP contribution in [-0.2, 0) is 0 Å². The van der Waals surface area contributed by atoms with Crippen LogP contribution in [0, 0.1) is 5.41 Å². The molecule has 1 aromatic rings. The SMILES string of the molecule is CC1(C)CCCCC1NC(=O)c1cc(Br)cnc1Cl. The molecule has 0 aliphatic heterocycles. The maximum atomic E-state index is 12.3. The van der Waals surface area contributed by atoms with E-state index in [9.17, 15) is 4.79 Å². The third kappa shape index (κ3) is 3.48. The standard InChI is InChI=1S/C14H18BrClN2O/c1-14(2)6-4-3-5-11(14)18-13(19)10-7-9(15)8-17-12(10)16/h7-8,11H,3-6H2,1-2H3,(H,18,19). The lowest BCUT2D eigenvalue weighted by Crippen LogP contribution is -2.46. The fraction of sp³-hybridized carbons (Fsp3) is 0.571. The van der Waals surface area contributed by atoms with Crippen LogP contribution in [0.1, 0.15) is 49.9 Å². The number of hydrogen-bond acceptors (Lipinski definition) is 2. The maximum absolute atomic E-state index is 12.3. The van der Waals surface area contributed by atoms with Crippen molar-refractivity contribution in [1.29, 1.82) is 0 Å². The maximum Gasteiger partial charge on any atom is 0.254 e. The Bertz CT molecular complexity index is 490. The minimum Gasteiger partial charge on any atom is -0.349 e. The number of nitrogens with one attached hydrogen (secondary N) is 1. The van der Waals surface area contributed by atoms with E-state index in [1.807, 2.05) is 0 Å². The van der Waals surface area contributed by atoms with Crippen LogP contribution in [0.25, 0.3) is 0 Å². The summed E-state index contributed by atoms with van der Waals surface area (Å²) in [5, 5.41) is 3.35. The Balaban J connectivity index is 2.14. The Morgan fingerprint density at radius 2 is 2.26 bits per heavy atom. The number of carbonyl (C=O) groups is 1. The molecule has 1 N–H and O–H groups in total. The number of amides is 1. The molecule has 0 aromatic carbocycles. The van der Waals surface area contributed by atoms with E-state index >= 15 is 0 Å². The summed E-state index contributed by atoms with van der Waals surface area (Å²) in [6, 6.07) is 1.91. The van der Waals surface area contributed by atoms with Gasteiger partial charge in [0, 0.05) is 16.7 Å². The van der Waals surface area contributed by atoms with E-state index in [1.165, 1.54) is 12.8 Å². The number of nitrogens with zero attached hydrogens (tertiary/aromatic N) is 1. The first-order chi connectivity index (χ1) is 8.90. The quantitative estimate of drug-likeness (QED) is 0.816. The minimum absolute atomic E-state index is 0.139. The fourth-order valence-electron chi connectivity index (χ4n) is 2.58. The summed E-state index contributed by atoms with van der Waals surface area (Å²) in [5.74, 6) is -0.140. The van der Waals surface area contributed by atoms with Gasteiger partial charge in [0.1, 0.15) is 5.15 Å². The highest BCUT2D eigenvalue weighted by Gasteiger charge is 2.33. The van der Waals surface area contributed by atoms with Crippen LogP contribution in [-0.4, -0.2) is 16.9 Å². The molecule has 5 heteroatoms. The topological polar surface area (TPSA) is 42.0 Å². The first kappa shape index (κ1) is 14.8. The van der Waals surface area contributed by atoms with E-state index in [2.05, 4.69) is 40.1 Å². The predicted octanol–water partition coefficient (Wildman–Crippen LogP) is 4.20. The van der Waals surface area contributed by atoms with Gasteiger partial charge in [0.15, 0.2) is 0 Å². The van der Waals surface area contributed by atoms with E-state index in [0.29, 0.717) is 5.56 Å². The monoisotopic (exact) mass is 344 g/mol. The molecule has 1 unspecified atom stereocenters. The normalized spacial score (nSPS) is 22.0. The molecule has 3 nitrogen and oxygen atoms in total. The summed E-state index contributed by atoms with van der Waals surface area (Å²) in [6.07, 6.45) is 6.15. The van der Waals surface area contributed by atoms with Gasteiger partial charge in [-0.05, 0) is 40.3 Å². The molecule has 1 fully saturated rings. The van der Waals surface area contributed by atoms with Crippen LogP contribution < -0.4 is 5.32 Å². The van der Waals surface area contributed by atoms with Crippen molar-refractivity contribution in [1.82, 2.24) is 10.3 Å². The van der Waals surface area contributed by atoms with Crippen LogP contribution in [0.2, 0.25) is 5.15 Å². The Kier molecular flexibility index (Phi) is 4.51. The molecule has 19 heavy (non-hydrogen) atoms. The van der Waals surface area contributed by atoms with Crippen molar-refractivity contribution >= 4 is 33.4 Å². The third-order valence-electron chi connectivity index (χ3n) is 3.86. The van der Waals surface area contributed by atoms with Crippen molar-refractivity contribution in [2.24, 2.45) is 5.41 Å². The molecule has 1 aliphatic carbocycles. The van der Waals surface area contributed by atoms with Gasteiger partial charge < -0.3 is 5.32 Å².